The number of urea groups is 1. The zero-order valence-electron chi connectivity index (χ0n) is 22.7. The van der Waals surface area contributed by atoms with Gasteiger partial charge in [0.25, 0.3) is 5.91 Å². The number of carbonyl (C=O) groups is 2. The summed E-state index contributed by atoms with van der Waals surface area (Å²) in [5.41, 5.74) is -3.20. The maximum Gasteiger partial charge on any atom is 0.416 e. The molecule has 4 aromatic carbocycles. The molecule has 2 N–H and O–H groups in total. The summed E-state index contributed by atoms with van der Waals surface area (Å²) in [6.45, 7) is -0.0590. The van der Waals surface area contributed by atoms with E-state index in [2.05, 4.69) is 5.32 Å². The van der Waals surface area contributed by atoms with Gasteiger partial charge in [-0.05, 0) is 85.3 Å². The van der Waals surface area contributed by atoms with E-state index in [1.54, 1.807) is 48.5 Å². The Balaban J connectivity index is 1.42. The number of hydrogen-bond acceptors (Lipinski definition) is 3. The van der Waals surface area contributed by atoms with Gasteiger partial charge < -0.3 is 20.3 Å². The standard InChI is InChI=1S/C31H24F7N3O3/c32-23-9-7-20(8-10-23)28(42)41(25-11-13-27(14-12-25)44-26-5-2-1-3-6-26)16-4-15-39-29(43)40-24-18-21(30(33,34)35)17-22(19-24)31(36,37)38/h1-3,5-14,17-19H,4,15-16H2,(H2,39,40,43). The van der Waals surface area contributed by atoms with E-state index in [0.29, 0.717) is 29.3 Å². The highest BCUT2D eigenvalue weighted by molar-refractivity contribution is 6.06. The second-order valence-electron chi connectivity index (χ2n) is 9.40. The number of benzene rings is 4. The van der Waals surface area contributed by atoms with E-state index in [4.69, 9.17) is 4.74 Å². The molecule has 0 fully saturated rings. The van der Waals surface area contributed by atoms with Crippen LogP contribution in [0.3, 0.4) is 0 Å². The number of halogens is 7. The van der Waals surface area contributed by atoms with Crippen LogP contribution in [0.15, 0.2) is 97.1 Å². The van der Waals surface area contributed by atoms with Crippen molar-refractivity contribution in [3.8, 4) is 11.5 Å². The number of alkyl halides is 6. The molecule has 6 nitrogen and oxygen atoms in total. The second kappa shape index (κ2) is 13.5. The molecule has 3 amide bonds. The summed E-state index contributed by atoms with van der Waals surface area (Å²) < 4.78 is 97.9. The molecule has 0 aliphatic heterocycles. The Morgan fingerprint density at radius 3 is 1.86 bits per heavy atom. The van der Waals surface area contributed by atoms with E-state index in [1.165, 1.54) is 17.0 Å². The van der Waals surface area contributed by atoms with E-state index < -0.39 is 46.9 Å². The van der Waals surface area contributed by atoms with Crippen molar-refractivity contribution in [2.45, 2.75) is 18.8 Å². The predicted octanol–water partition coefficient (Wildman–Crippen LogP) is 8.51. The number of nitrogens with zero attached hydrogens (tertiary/aromatic N) is 1. The lowest BCUT2D eigenvalue weighted by Gasteiger charge is -2.23. The second-order valence-corrected chi connectivity index (χ2v) is 9.40. The molecule has 230 valence electrons. The topological polar surface area (TPSA) is 70.7 Å². The Morgan fingerprint density at radius 2 is 1.30 bits per heavy atom. The highest BCUT2D eigenvalue weighted by Crippen LogP contribution is 2.37. The minimum Gasteiger partial charge on any atom is -0.457 e. The molecular weight excluding hydrogens is 595 g/mol. The number of anilines is 2. The Kier molecular flexibility index (Phi) is 9.77. The van der Waals surface area contributed by atoms with Gasteiger partial charge in [-0.3, -0.25) is 4.79 Å². The van der Waals surface area contributed by atoms with Crippen LogP contribution in [0, 0.1) is 5.82 Å². The smallest absolute Gasteiger partial charge is 0.416 e. The average Bonchev–Trinajstić information content (AvgIpc) is 2.97. The predicted molar refractivity (Wildman–Crippen MR) is 149 cm³/mol. The summed E-state index contributed by atoms with van der Waals surface area (Å²) in [5.74, 6) is 0.0861. The lowest BCUT2D eigenvalue weighted by Crippen LogP contribution is -2.35. The van der Waals surface area contributed by atoms with Crippen LogP contribution in [0.1, 0.15) is 27.9 Å². The van der Waals surface area contributed by atoms with Gasteiger partial charge in [0.15, 0.2) is 0 Å². The first-order valence-electron chi connectivity index (χ1n) is 13.0. The fourth-order valence-corrected chi connectivity index (χ4v) is 4.06. The maximum absolute atomic E-state index is 13.4. The van der Waals surface area contributed by atoms with Gasteiger partial charge in [0, 0.05) is 30.0 Å². The summed E-state index contributed by atoms with van der Waals surface area (Å²) in [6.07, 6.45) is -10.00. The summed E-state index contributed by atoms with van der Waals surface area (Å²) in [4.78, 5) is 27.0. The van der Waals surface area contributed by atoms with Crippen molar-refractivity contribution in [1.82, 2.24) is 5.32 Å². The van der Waals surface area contributed by atoms with Crippen molar-refractivity contribution in [3.63, 3.8) is 0 Å². The Labute approximate surface area is 247 Å². The first kappa shape index (κ1) is 31.9. The molecule has 13 heteroatoms. The van der Waals surface area contributed by atoms with Gasteiger partial charge in [0.1, 0.15) is 17.3 Å². The number of nitrogens with one attached hydrogen (secondary N) is 2. The summed E-state index contributed by atoms with van der Waals surface area (Å²) in [5, 5.41) is 4.34. The van der Waals surface area contributed by atoms with Crippen LogP contribution in [-0.2, 0) is 12.4 Å². The van der Waals surface area contributed by atoms with Crippen molar-refractivity contribution < 1.29 is 45.1 Å². The molecular formula is C31H24F7N3O3. The van der Waals surface area contributed by atoms with E-state index in [0.717, 1.165) is 12.1 Å². The van der Waals surface area contributed by atoms with Crippen LogP contribution in [0.5, 0.6) is 11.5 Å². The molecule has 0 saturated carbocycles. The largest absolute Gasteiger partial charge is 0.457 e. The fraction of sp³-hybridized carbons (Fsp3) is 0.161. The van der Waals surface area contributed by atoms with Gasteiger partial charge in [0.05, 0.1) is 11.1 Å². The first-order chi connectivity index (χ1) is 20.8. The zero-order valence-corrected chi connectivity index (χ0v) is 22.7. The van der Waals surface area contributed by atoms with Crippen LogP contribution >= 0.6 is 0 Å². The Bertz CT molecular complexity index is 1540. The van der Waals surface area contributed by atoms with Gasteiger partial charge in [-0.2, -0.15) is 26.3 Å². The fourth-order valence-electron chi connectivity index (χ4n) is 4.06. The van der Waals surface area contributed by atoms with Crippen LogP contribution in [-0.4, -0.2) is 25.0 Å². The average molecular weight is 620 g/mol. The van der Waals surface area contributed by atoms with Gasteiger partial charge in [0.2, 0.25) is 0 Å². The third-order valence-corrected chi connectivity index (χ3v) is 6.15. The minimum atomic E-state index is -5.07. The van der Waals surface area contributed by atoms with Crippen LogP contribution < -0.4 is 20.3 Å². The van der Waals surface area contributed by atoms with Gasteiger partial charge in [-0.15, -0.1) is 0 Å². The zero-order chi connectivity index (χ0) is 31.9. The summed E-state index contributed by atoms with van der Waals surface area (Å²) in [6, 6.07) is 20.1. The number of hydrogen-bond donors (Lipinski definition) is 2. The van der Waals surface area contributed by atoms with E-state index in [-0.39, 0.29) is 31.1 Å². The third-order valence-electron chi connectivity index (χ3n) is 6.15. The molecule has 0 aliphatic rings. The first-order valence-corrected chi connectivity index (χ1v) is 13.0. The maximum atomic E-state index is 13.4. The van der Waals surface area contributed by atoms with Crippen molar-refractivity contribution in [2.24, 2.45) is 0 Å². The minimum absolute atomic E-state index is 0.0388. The molecule has 0 aromatic heterocycles. The highest BCUT2D eigenvalue weighted by atomic mass is 19.4. The van der Waals surface area contributed by atoms with Crippen LogP contribution in [0.4, 0.5) is 46.9 Å². The SMILES string of the molecule is O=C(NCCCN(C(=O)c1ccc(F)cc1)c1ccc(Oc2ccccc2)cc1)Nc1cc(C(F)(F)F)cc(C(F)(F)F)c1. The molecule has 44 heavy (non-hydrogen) atoms. The summed E-state index contributed by atoms with van der Waals surface area (Å²) in [7, 11) is 0. The Hall–Kier alpha value is -5.07. The van der Waals surface area contributed by atoms with Crippen molar-refractivity contribution in [2.75, 3.05) is 23.3 Å². The molecule has 4 aromatic rings. The van der Waals surface area contributed by atoms with Gasteiger partial charge in [-0.1, -0.05) is 18.2 Å². The third kappa shape index (κ3) is 8.72. The molecule has 0 radical (unpaired) electrons. The molecule has 0 heterocycles. The van der Waals surface area contributed by atoms with E-state index >= 15 is 0 Å². The monoisotopic (exact) mass is 619 g/mol. The molecule has 0 atom stereocenters. The molecule has 0 bridgehead atoms. The number of para-hydroxylation sites is 1. The normalized spacial score (nSPS) is 11.5. The molecule has 0 saturated heterocycles. The molecule has 0 unspecified atom stereocenters. The Morgan fingerprint density at radius 1 is 0.727 bits per heavy atom. The molecule has 4 rings (SSSR count). The molecule has 0 aliphatic carbocycles. The quantitative estimate of drug-likeness (QED) is 0.146. The molecule has 0 spiro atoms. The van der Waals surface area contributed by atoms with Gasteiger partial charge in [-0.25, -0.2) is 9.18 Å². The van der Waals surface area contributed by atoms with Crippen LogP contribution in [0.25, 0.3) is 0 Å². The lowest BCUT2D eigenvalue weighted by molar-refractivity contribution is -0.143. The highest BCUT2D eigenvalue weighted by Gasteiger charge is 2.37. The van der Waals surface area contributed by atoms with Crippen molar-refractivity contribution in [3.05, 3.63) is 120 Å². The summed E-state index contributed by atoms with van der Waals surface area (Å²) >= 11 is 0. The number of amides is 3. The van der Waals surface area contributed by atoms with E-state index in [1.807, 2.05) is 11.4 Å². The van der Waals surface area contributed by atoms with Crippen molar-refractivity contribution in [1.29, 1.82) is 0 Å². The lowest BCUT2D eigenvalue weighted by atomic mass is 10.1. The van der Waals surface area contributed by atoms with Crippen LogP contribution in [0.2, 0.25) is 0 Å². The number of rotatable bonds is 9. The van der Waals surface area contributed by atoms with Crippen molar-refractivity contribution >= 4 is 23.3 Å². The number of carbonyl (C=O) groups excluding carboxylic acids is 2. The number of ether oxygens (including phenoxy) is 1. The van der Waals surface area contributed by atoms with E-state index in [9.17, 15) is 40.3 Å². The van der Waals surface area contributed by atoms with Gasteiger partial charge >= 0.3 is 18.4 Å².